The third-order valence-electron chi connectivity index (χ3n) is 21.5. The Morgan fingerprint density at radius 2 is 0.956 bits per heavy atom. The minimum absolute atomic E-state index is 0.0350. The van der Waals surface area contributed by atoms with Crippen molar-refractivity contribution in [1.29, 1.82) is 0 Å². The number of aromatic hydroxyl groups is 10. The molecule has 0 radical (unpaired) electrons. The van der Waals surface area contributed by atoms with Crippen LogP contribution in [0.1, 0.15) is 156 Å². The molecule has 22 nitrogen and oxygen atoms in total. The molecule has 8 fully saturated rings. The summed E-state index contributed by atoms with van der Waals surface area (Å²) in [7, 11) is 0. The smallest absolute Gasteiger partial charge is 0.336 e. The van der Waals surface area contributed by atoms with Crippen molar-refractivity contribution >= 4 is 92.4 Å². The van der Waals surface area contributed by atoms with E-state index in [2.05, 4.69) is 22.9 Å². The van der Waals surface area contributed by atoms with Crippen LogP contribution in [-0.2, 0) is 44.6 Å². The average molecular weight is 1620 g/mol. The summed E-state index contributed by atoms with van der Waals surface area (Å²) in [5.41, 5.74) is 2.90. The van der Waals surface area contributed by atoms with Gasteiger partial charge in [-0.25, -0.2) is 19.2 Å². The maximum atomic E-state index is 12.5. The number of carbonyl (C=O) groups is 5. The number of unbranched alkanes of at least 4 members (excludes halogenated alkanes) is 2. The van der Waals surface area contributed by atoms with Crippen LogP contribution in [-0.4, -0.2) is 104 Å². The Morgan fingerprint density at radius 1 is 0.491 bits per heavy atom. The van der Waals surface area contributed by atoms with E-state index in [1.807, 2.05) is 67.6 Å². The number of hydrogen-bond acceptors (Lipinski definition) is 21. The Kier molecular flexibility index (Phi) is 29.4. The maximum absolute atomic E-state index is 12.5. The van der Waals surface area contributed by atoms with E-state index in [4.69, 9.17) is 18.9 Å². The molecule has 10 N–H and O–H groups in total. The number of halogens is 1. The number of nitro groups is 1. The van der Waals surface area contributed by atoms with Crippen LogP contribution in [0.5, 0.6) is 63.2 Å². The summed E-state index contributed by atoms with van der Waals surface area (Å²) in [6.07, 6.45) is 34.1. The van der Waals surface area contributed by atoms with Crippen LogP contribution in [0, 0.1) is 51.0 Å². The molecule has 23 heteroatoms. The first-order valence-electron chi connectivity index (χ1n) is 38.3. The highest BCUT2D eigenvalue weighted by Gasteiger charge is 2.54. The summed E-state index contributed by atoms with van der Waals surface area (Å²) in [5.74, 6) is 0.276. The van der Waals surface area contributed by atoms with Gasteiger partial charge in [0.2, 0.25) is 5.75 Å². The minimum Gasteiger partial charge on any atom is -0.504 e. The van der Waals surface area contributed by atoms with Gasteiger partial charge in [0.05, 0.1) is 27.7 Å². The van der Waals surface area contributed by atoms with Crippen molar-refractivity contribution in [1.82, 2.24) is 0 Å². The number of carbonyl (C=O) groups excluding carboxylic acids is 5. The van der Waals surface area contributed by atoms with Gasteiger partial charge >= 0.3 is 29.6 Å². The average Bonchev–Trinajstić information content (AvgIpc) is 0.754. The van der Waals surface area contributed by atoms with Crippen LogP contribution < -0.4 is 4.74 Å². The van der Waals surface area contributed by atoms with Gasteiger partial charge in [-0.05, 0) is 295 Å². The molecule has 8 aliphatic carbocycles. The zero-order valence-electron chi connectivity index (χ0n) is 63.5. The van der Waals surface area contributed by atoms with Crippen LogP contribution in [0.25, 0.3) is 41.2 Å². The molecule has 0 aromatic heterocycles. The van der Waals surface area contributed by atoms with Crippen LogP contribution in [0.4, 0.5) is 5.69 Å². The molecule has 8 aromatic carbocycles. The van der Waals surface area contributed by atoms with Gasteiger partial charge in [0.1, 0.15) is 11.4 Å². The molecule has 0 aliphatic heterocycles. The van der Waals surface area contributed by atoms with Crippen molar-refractivity contribution < 1.29 is 98.9 Å². The molecule has 1 unspecified atom stereocenters. The molecule has 114 heavy (non-hydrogen) atoms. The monoisotopic (exact) mass is 1620 g/mol. The number of nitro benzene ring substituents is 1. The zero-order chi connectivity index (χ0) is 81.6. The Morgan fingerprint density at radius 3 is 1.49 bits per heavy atom. The van der Waals surface area contributed by atoms with Crippen molar-refractivity contribution in [2.45, 2.75) is 141 Å². The van der Waals surface area contributed by atoms with E-state index in [0.29, 0.717) is 64.1 Å². The number of ether oxygens (including phenoxy) is 4. The molecule has 0 saturated heterocycles. The van der Waals surface area contributed by atoms with Crippen LogP contribution in [0.2, 0.25) is 0 Å². The van der Waals surface area contributed by atoms with Crippen molar-refractivity contribution in [3.63, 3.8) is 0 Å². The number of nitrogens with zero attached hydrogens (tertiary/aromatic N) is 1. The highest BCUT2D eigenvalue weighted by atomic mass is 79.9. The van der Waals surface area contributed by atoms with Gasteiger partial charge in [-0.15, -0.1) is 0 Å². The lowest BCUT2D eigenvalue weighted by Crippen LogP contribution is -2.52. The number of benzene rings is 8. The molecule has 8 saturated carbocycles. The summed E-state index contributed by atoms with van der Waals surface area (Å²) >= 11 is 3.15. The molecule has 0 spiro atoms. The van der Waals surface area contributed by atoms with Crippen LogP contribution in [0.3, 0.4) is 0 Å². The Labute approximate surface area is 669 Å². The highest BCUT2D eigenvalue weighted by molar-refractivity contribution is 9.10. The lowest BCUT2D eigenvalue weighted by atomic mass is 9.48. The van der Waals surface area contributed by atoms with E-state index >= 15 is 0 Å². The molecule has 8 bridgehead atoms. The second-order valence-electron chi connectivity index (χ2n) is 30.5. The van der Waals surface area contributed by atoms with Crippen molar-refractivity contribution in [2.75, 3.05) is 6.61 Å². The van der Waals surface area contributed by atoms with Gasteiger partial charge in [0.15, 0.2) is 57.5 Å². The van der Waals surface area contributed by atoms with E-state index < -0.39 is 46.0 Å². The summed E-state index contributed by atoms with van der Waals surface area (Å²) in [6.45, 7) is 4.31. The van der Waals surface area contributed by atoms with Gasteiger partial charge in [-0.1, -0.05) is 105 Å². The predicted molar refractivity (Wildman–Crippen MR) is 436 cm³/mol. The van der Waals surface area contributed by atoms with Gasteiger partial charge in [0.25, 0.3) is 0 Å². The number of rotatable bonds is 23. The summed E-state index contributed by atoms with van der Waals surface area (Å²) in [5, 5.41) is 107. The third kappa shape index (κ3) is 24.3. The molecule has 598 valence electrons. The lowest BCUT2D eigenvalue weighted by molar-refractivity contribution is -0.386. The lowest BCUT2D eigenvalue weighted by Gasteiger charge is -2.56. The molecule has 0 heterocycles. The quantitative estimate of drug-likeness (QED) is 0.00415. The molecular weight excluding hydrogens is 1520 g/mol. The molecule has 16 rings (SSSR count). The summed E-state index contributed by atoms with van der Waals surface area (Å²) in [4.78, 5) is 70.2. The fraction of sp³-hybridized carbons (Fsp3) is 0.330. The van der Waals surface area contributed by atoms with E-state index in [-0.39, 0.29) is 74.5 Å². The highest BCUT2D eigenvalue weighted by Crippen LogP contribution is 2.62. The molecule has 8 aromatic rings. The standard InChI is InChI=1S/C20H24O3.C19H21NO6.C19H14O4.C17H15BrO4.C16H22O4/c21-17(3-1-13-2-4-18(22)19(23)8-13)12-20-9-14-5-15(10-20)7-16(6-14)11-20;21-15-3-1-14(17(18(15)23)20(24)25)2-4-16(22)26-19-8-11-5-12(9-19)7-13(6-11)10-19;20-17-9-5-13(11-18(17)21)6-10-19(22)23-16-8-7-14-3-1-2-4-15(14)12-16;18-16-13(6-8-14(19)17(16)21)7-9-15(20)22-11-10-12-4-2-1-3-5-12;1-3-4-5-6-12(2)20-16(19)10-8-13-7-9-14(17)15(18)11-13/h1-4,8,14-16,22-23H,5-7,9-12H2;1-4,11-13,21,23H,5-10H2;1-12,20-21H;1-9,19,21H,10-11H2;7-12,17-18H,3-6H2,1-2H3/b3-1+;4-2+;10-6+;9-7+;10-8+. The molecule has 1 atom stereocenters. The Bertz CT molecular complexity index is 4830. The van der Waals surface area contributed by atoms with Crippen molar-refractivity contribution in [3.8, 4) is 63.2 Å². The van der Waals surface area contributed by atoms with Crippen LogP contribution in [0.15, 0.2) is 187 Å². The number of hydrogen-bond donors (Lipinski definition) is 10. The van der Waals surface area contributed by atoms with E-state index in [1.54, 1.807) is 54.6 Å². The first kappa shape index (κ1) is 84.6. The van der Waals surface area contributed by atoms with Gasteiger partial charge in [-0.2, -0.15) is 0 Å². The summed E-state index contributed by atoms with van der Waals surface area (Å²) in [6, 6.07) is 41.6. The number of phenolic OH excluding ortho intramolecular Hbond substituents is 10. The zero-order valence-corrected chi connectivity index (χ0v) is 65.1. The topological polar surface area (TPSA) is 368 Å². The number of esters is 4. The van der Waals surface area contributed by atoms with E-state index in [1.165, 1.54) is 143 Å². The summed E-state index contributed by atoms with van der Waals surface area (Å²) < 4.78 is 21.7. The second kappa shape index (κ2) is 39.6. The van der Waals surface area contributed by atoms with Crippen LogP contribution >= 0.6 is 15.9 Å². The fourth-order valence-corrected chi connectivity index (χ4v) is 17.5. The molecule has 0 amide bonds. The minimum atomic E-state index is -0.813. The Hall–Kier alpha value is -11.9. The first-order valence-corrected chi connectivity index (χ1v) is 39.1. The van der Waals surface area contributed by atoms with Gasteiger partial charge in [-0.3, -0.25) is 14.9 Å². The van der Waals surface area contributed by atoms with Gasteiger partial charge < -0.3 is 70.0 Å². The number of ketones is 1. The Balaban J connectivity index is 0.000000151. The number of allylic oxidation sites excluding steroid dienone is 1. The number of fused-ring (bicyclic) bond motifs is 1. The normalized spacial score (nSPS) is 20.9. The van der Waals surface area contributed by atoms with E-state index in [0.717, 1.165) is 96.7 Å². The first-order chi connectivity index (χ1) is 54.6. The number of phenols is 10. The second-order valence-corrected chi connectivity index (χ2v) is 31.3. The largest absolute Gasteiger partial charge is 0.504 e. The fourth-order valence-electron chi connectivity index (χ4n) is 17.0. The van der Waals surface area contributed by atoms with Gasteiger partial charge in [0, 0.05) is 37.1 Å². The third-order valence-corrected chi connectivity index (χ3v) is 22.3. The molecular formula is C91H96BrNO21. The SMILES string of the molecule is CCCCCC(C)OC(=O)/C=C/c1ccc(O)c(O)c1.O=C(/C=C/c1ccc(O)c(O)c1)CC12CC3CC(CC(C3)C1)C2.O=C(/C=C/c1ccc(O)c(O)c1)Oc1ccc2ccccc2c1.O=C(/C=C/c1ccc(O)c(O)c1Br)OCCc1ccccc1.O=C(/C=C/c1ccc(O)c(O)c1[N+](=O)[O-])OC12CC3CC(CC(C3)C1)C2. The van der Waals surface area contributed by atoms with Crippen molar-refractivity contribution in [3.05, 3.63) is 230 Å². The van der Waals surface area contributed by atoms with E-state index in [9.17, 15) is 85.2 Å². The van der Waals surface area contributed by atoms with Crippen molar-refractivity contribution in [2.24, 2.45) is 40.9 Å². The predicted octanol–water partition coefficient (Wildman–Crippen LogP) is 19.0. The maximum Gasteiger partial charge on any atom is 0.336 e. The molecule has 8 aliphatic rings.